The topological polar surface area (TPSA) is 6.48 Å². The van der Waals surface area contributed by atoms with Crippen molar-refractivity contribution in [2.24, 2.45) is 0 Å². The van der Waals surface area contributed by atoms with Gasteiger partial charge in [0.1, 0.15) is 0 Å². The number of nitrogens with zero attached hydrogens (tertiary/aromatic N) is 2. The maximum Gasteiger partial charge on any atom is 0.0487 e. The lowest BCUT2D eigenvalue weighted by Gasteiger charge is -2.29. The van der Waals surface area contributed by atoms with Crippen LogP contribution in [0.2, 0.25) is 0 Å². The van der Waals surface area contributed by atoms with E-state index in [0.717, 1.165) is 0 Å². The summed E-state index contributed by atoms with van der Waals surface area (Å²) in [5.41, 5.74) is 8.56. The van der Waals surface area contributed by atoms with Gasteiger partial charge in [-0.25, -0.2) is 0 Å². The molecule has 3 aromatic rings. The molecule has 4 rings (SSSR count). The van der Waals surface area contributed by atoms with E-state index in [4.69, 9.17) is 0 Å². The van der Waals surface area contributed by atoms with E-state index >= 15 is 0 Å². The molecule has 0 spiro atoms. The second-order valence-corrected chi connectivity index (χ2v) is 8.32. The van der Waals surface area contributed by atoms with Crippen LogP contribution in [0.15, 0.2) is 91.5 Å². The number of allylic oxidation sites excluding steroid dienone is 2. The molecule has 0 atom stereocenters. The molecule has 0 amide bonds. The van der Waals surface area contributed by atoms with Crippen LogP contribution >= 0.6 is 0 Å². The molecule has 1 aliphatic rings. The standard InChI is InChI=1S/C29H32N2/c1-4-10-27(24-15-19-26(20-16-24)31-21-8-5-9-22-31)28-11-6-7-12-29(28)30(3)25-17-13-23(2)14-18-25/h4,6-7,10-20H,1,5,8-9,21-22H2,2-3H3. The molecule has 0 saturated carbocycles. The number of para-hydroxylation sites is 1. The SMILES string of the molecule is C=CC=C(c1ccc(N2CCCCC2)cc1)c1ccccc1N(C)c1ccc(C)cc1. The van der Waals surface area contributed by atoms with Crippen LogP contribution in [0, 0.1) is 6.92 Å². The second-order valence-electron chi connectivity index (χ2n) is 8.32. The minimum Gasteiger partial charge on any atom is -0.372 e. The summed E-state index contributed by atoms with van der Waals surface area (Å²) in [5, 5.41) is 0. The molecule has 2 nitrogen and oxygen atoms in total. The van der Waals surface area contributed by atoms with Gasteiger partial charge >= 0.3 is 0 Å². The number of anilines is 3. The quantitative estimate of drug-likeness (QED) is 0.393. The van der Waals surface area contributed by atoms with Crippen LogP contribution in [-0.2, 0) is 0 Å². The second kappa shape index (κ2) is 9.70. The van der Waals surface area contributed by atoms with Crippen LogP contribution in [0.5, 0.6) is 0 Å². The predicted molar refractivity (Wildman–Crippen MR) is 135 cm³/mol. The van der Waals surface area contributed by atoms with E-state index in [2.05, 4.69) is 109 Å². The Hall–Kier alpha value is -3.26. The van der Waals surface area contributed by atoms with Gasteiger partial charge in [0, 0.05) is 42.8 Å². The van der Waals surface area contributed by atoms with Crippen molar-refractivity contribution in [1.29, 1.82) is 0 Å². The molecule has 0 N–H and O–H groups in total. The Kier molecular flexibility index (Phi) is 6.57. The number of rotatable bonds is 6. The minimum atomic E-state index is 1.17. The molecule has 1 aliphatic heterocycles. The molecule has 3 aromatic carbocycles. The third-order valence-electron chi connectivity index (χ3n) is 6.16. The lowest BCUT2D eigenvalue weighted by Crippen LogP contribution is -2.29. The van der Waals surface area contributed by atoms with Crippen LogP contribution in [0.1, 0.15) is 36.0 Å². The molecule has 1 heterocycles. The Morgan fingerprint density at radius 3 is 2.23 bits per heavy atom. The zero-order valence-corrected chi connectivity index (χ0v) is 18.7. The van der Waals surface area contributed by atoms with Gasteiger partial charge in [0.05, 0.1) is 0 Å². The number of piperidine rings is 1. The van der Waals surface area contributed by atoms with E-state index in [1.807, 2.05) is 6.08 Å². The number of hydrogen-bond donors (Lipinski definition) is 0. The fraction of sp³-hybridized carbons (Fsp3) is 0.241. The maximum absolute atomic E-state index is 3.99. The van der Waals surface area contributed by atoms with Crippen molar-refractivity contribution >= 4 is 22.6 Å². The summed E-state index contributed by atoms with van der Waals surface area (Å²) in [4.78, 5) is 4.76. The number of hydrogen-bond acceptors (Lipinski definition) is 2. The van der Waals surface area contributed by atoms with Crippen molar-refractivity contribution < 1.29 is 0 Å². The van der Waals surface area contributed by atoms with E-state index in [9.17, 15) is 0 Å². The smallest absolute Gasteiger partial charge is 0.0487 e. The minimum absolute atomic E-state index is 1.17. The lowest BCUT2D eigenvalue weighted by atomic mass is 9.95. The van der Waals surface area contributed by atoms with Gasteiger partial charge in [-0.1, -0.05) is 66.8 Å². The zero-order chi connectivity index (χ0) is 21.6. The highest BCUT2D eigenvalue weighted by Gasteiger charge is 2.15. The van der Waals surface area contributed by atoms with Gasteiger partial charge in [0.2, 0.25) is 0 Å². The van der Waals surface area contributed by atoms with Crippen molar-refractivity contribution in [3.05, 3.63) is 108 Å². The third-order valence-corrected chi connectivity index (χ3v) is 6.16. The first-order chi connectivity index (χ1) is 15.2. The summed E-state index contributed by atoms with van der Waals surface area (Å²) < 4.78 is 0. The van der Waals surface area contributed by atoms with Crippen LogP contribution in [-0.4, -0.2) is 20.1 Å². The summed E-state index contributed by atoms with van der Waals surface area (Å²) in [6.45, 7) is 8.44. The Balaban J connectivity index is 1.68. The summed E-state index contributed by atoms with van der Waals surface area (Å²) in [7, 11) is 2.13. The monoisotopic (exact) mass is 408 g/mol. The van der Waals surface area contributed by atoms with E-state index in [1.165, 1.54) is 71.7 Å². The molecule has 0 radical (unpaired) electrons. The predicted octanol–water partition coefficient (Wildman–Crippen LogP) is 7.37. The molecule has 158 valence electrons. The van der Waals surface area contributed by atoms with Gasteiger partial charge in [-0.15, -0.1) is 0 Å². The molecular weight excluding hydrogens is 376 g/mol. The first-order valence-electron chi connectivity index (χ1n) is 11.3. The molecule has 0 aliphatic carbocycles. The van der Waals surface area contributed by atoms with Crippen molar-refractivity contribution in [3.63, 3.8) is 0 Å². The Labute approximate surface area is 187 Å². The summed E-state index contributed by atoms with van der Waals surface area (Å²) >= 11 is 0. The van der Waals surface area contributed by atoms with E-state index < -0.39 is 0 Å². The average molecular weight is 409 g/mol. The van der Waals surface area contributed by atoms with Crippen LogP contribution in [0.4, 0.5) is 17.1 Å². The van der Waals surface area contributed by atoms with Crippen LogP contribution in [0.25, 0.3) is 5.57 Å². The third kappa shape index (κ3) is 4.74. The molecule has 0 bridgehead atoms. The number of aryl methyl sites for hydroxylation is 1. The fourth-order valence-electron chi connectivity index (χ4n) is 4.36. The number of benzene rings is 3. The summed E-state index contributed by atoms with van der Waals surface area (Å²) in [6, 6.07) is 26.3. The maximum atomic E-state index is 3.99. The van der Waals surface area contributed by atoms with Gasteiger partial charge in [0.15, 0.2) is 0 Å². The molecular formula is C29H32N2. The highest BCUT2D eigenvalue weighted by molar-refractivity contribution is 5.89. The van der Waals surface area contributed by atoms with Crippen molar-refractivity contribution in [1.82, 2.24) is 0 Å². The molecule has 0 aromatic heterocycles. The molecule has 1 saturated heterocycles. The molecule has 2 heteroatoms. The zero-order valence-electron chi connectivity index (χ0n) is 18.7. The average Bonchev–Trinajstić information content (AvgIpc) is 2.83. The molecule has 0 unspecified atom stereocenters. The highest BCUT2D eigenvalue weighted by Crippen LogP contribution is 2.35. The van der Waals surface area contributed by atoms with Gasteiger partial charge in [-0.3, -0.25) is 0 Å². The highest BCUT2D eigenvalue weighted by atomic mass is 15.1. The normalized spacial score (nSPS) is 14.4. The van der Waals surface area contributed by atoms with Gasteiger partial charge in [-0.05, 0) is 67.7 Å². The van der Waals surface area contributed by atoms with Crippen molar-refractivity contribution in [2.45, 2.75) is 26.2 Å². The van der Waals surface area contributed by atoms with Crippen molar-refractivity contribution in [2.75, 3.05) is 29.9 Å². The Morgan fingerprint density at radius 2 is 1.55 bits per heavy atom. The summed E-state index contributed by atoms with van der Waals surface area (Å²) in [5.74, 6) is 0. The Morgan fingerprint density at radius 1 is 0.871 bits per heavy atom. The van der Waals surface area contributed by atoms with Gasteiger partial charge in [-0.2, -0.15) is 0 Å². The van der Waals surface area contributed by atoms with E-state index in [0.29, 0.717) is 0 Å². The van der Waals surface area contributed by atoms with Crippen LogP contribution in [0.3, 0.4) is 0 Å². The lowest BCUT2D eigenvalue weighted by molar-refractivity contribution is 0.578. The molecule has 1 fully saturated rings. The largest absolute Gasteiger partial charge is 0.372 e. The fourth-order valence-corrected chi connectivity index (χ4v) is 4.36. The first kappa shape index (κ1) is 21.0. The molecule has 31 heavy (non-hydrogen) atoms. The first-order valence-corrected chi connectivity index (χ1v) is 11.3. The van der Waals surface area contributed by atoms with Gasteiger partial charge in [0.25, 0.3) is 0 Å². The van der Waals surface area contributed by atoms with Crippen LogP contribution < -0.4 is 9.80 Å². The van der Waals surface area contributed by atoms with Gasteiger partial charge < -0.3 is 9.80 Å². The summed E-state index contributed by atoms with van der Waals surface area (Å²) in [6.07, 6.45) is 7.95. The van der Waals surface area contributed by atoms with E-state index in [-0.39, 0.29) is 0 Å². The Bertz CT molecular complexity index is 1040. The van der Waals surface area contributed by atoms with E-state index in [1.54, 1.807) is 0 Å². The van der Waals surface area contributed by atoms with Crippen molar-refractivity contribution in [3.8, 4) is 0 Å².